The van der Waals surface area contributed by atoms with Crippen LogP contribution in [0.25, 0.3) is 0 Å². The van der Waals surface area contributed by atoms with Crippen LogP contribution in [-0.4, -0.2) is 36.5 Å². The molecule has 0 aliphatic carbocycles. The van der Waals surface area contributed by atoms with Crippen molar-refractivity contribution < 1.29 is 4.79 Å². The topological polar surface area (TPSA) is 32.3 Å². The highest BCUT2D eigenvalue weighted by Gasteiger charge is 2.29. The molecule has 1 aromatic carbocycles. The summed E-state index contributed by atoms with van der Waals surface area (Å²) < 4.78 is 0. The molecule has 2 saturated heterocycles. The minimum Gasteiger partial charge on any atom is -0.341 e. The molecule has 2 aliphatic rings. The third kappa shape index (κ3) is 3.04. The van der Waals surface area contributed by atoms with E-state index < -0.39 is 0 Å². The molecule has 0 unspecified atom stereocenters. The van der Waals surface area contributed by atoms with Crippen LogP contribution in [0, 0.1) is 0 Å². The summed E-state index contributed by atoms with van der Waals surface area (Å²) in [6.45, 7) is 2.82. The van der Waals surface area contributed by atoms with Crippen LogP contribution >= 0.6 is 0 Å². The van der Waals surface area contributed by atoms with Gasteiger partial charge >= 0.3 is 0 Å². The SMILES string of the molecule is O=C([C@@H]1CCCCN1)N1CCC(c2ccccc2)CC1. The highest BCUT2D eigenvalue weighted by atomic mass is 16.2. The number of carbonyl (C=O) groups excluding carboxylic acids is 1. The van der Waals surface area contributed by atoms with Crippen molar-refractivity contribution in [2.45, 2.75) is 44.1 Å². The van der Waals surface area contributed by atoms with E-state index in [9.17, 15) is 4.79 Å². The van der Waals surface area contributed by atoms with E-state index in [1.807, 2.05) is 0 Å². The fraction of sp³-hybridized carbons (Fsp3) is 0.588. The zero-order chi connectivity index (χ0) is 13.8. The summed E-state index contributed by atoms with van der Waals surface area (Å²) in [5.41, 5.74) is 1.43. The summed E-state index contributed by atoms with van der Waals surface area (Å²) in [6.07, 6.45) is 5.60. The van der Waals surface area contributed by atoms with Gasteiger partial charge < -0.3 is 10.2 Å². The molecule has 3 rings (SSSR count). The molecular weight excluding hydrogens is 248 g/mol. The van der Waals surface area contributed by atoms with E-state index in [2.05, 4.69) is 40.5 Å². The minimum atomic E-state index is 0.0806. The molecule has 0 saturated carbocycles. The van der Waals surface area contributed by atoms with Crippen LogP contribution in [0.5, 0.6) is 0 Å². The van der Waals surface area contributed by atoms with Crippen molar-refractivity contribution in [3.63, 3.8) is 0 Å². The molecule has 2 fully saturated rings. The van der Waals surface area contributed by atoms with Crippen molar-refractivity contribution in [2.24, 2.45) is 0 Å². The van der Waals surface area contributed by atoms with Gasteiger partial charge in [-0.15, -0.1) is 0 Å². The van der Waals surface area contributed by atoms with Gasteiger partial charge in [0.2, 0.25) is 5.91 Å². The van der Waals surface area contributed by atoms with Gasteiger partial charge in [0, 0.05) is 13.1 Å². The Balaban J connectivity index is 1.54. The van der Waals surface area contributed by atoms with E-state index in [1.54, 1.807) is 0 Å². The fourth-order valence-electron chi connectivity index (χ4n) is 3.44. The molecule has 3 nitrogen and oxygen atoms in total. The van der Waals surface area contributed by atoms with Crippen LogP contribution in [0.15, 0.2) is 30.3 Å². The van der Waals surface area contributed by atoms with Gasteiger partial charge in [0.05, 0.1) is 6.04 Å². The Morgan fingerprint density at radius 2 is 1.80 bits per heavy atom. The first kappa shape index (κ1) is 13.6. The lowest BCUT2D eigenvalue weighted by molar-refractivity contribution is -0.135. The van der Waals surface area contributed by atoms with Crippen LogP contribution in [0.4, 0.5) is 0 Å². The summed E-state index contributed by atoms with van der Waals surface area (Å²) >= 11 is 0. The Kier molecular flexibility index (Phi) is 4.36. The smallest absolute Gasteiger partial charge is 0.239 e. The summed E-state index contributed by atoms with van der Waals surface area (Å²) in [5.74, 6) is 0.954. The average molecular weight is 272 g/mol. The lowest BCUT2D eigenvalue weighted by Gasteiger charge is -2.35. The Hall–Kier alpha value is -1.35. The Morgan fingerprint density at radius 1 is 1.05 bits per heavy atom. The maximum atomic E-state index is 12.5. The van der Waals surface area contributed by atoms with Crippen LogP contribution < -0.4 is 5.32 Å². The van der Waals surface area contributed by atoms with Gasteiger partial charge in [0.1, 0.15) is 0 Å². The standard InChI is InChI=1S/C17H24N2O/c20-17(16-8-4-5-11-18-16)19-12-9-15(10-13-19)14-6-2-1-3-7-14/h1-3,6-7,15-16,18H,4-5,8-13H2/t16-/m0/s1. The number of nitrogens with one attached hydrogen (secondary N) is 1. The van der Waals surface area contributed by atoms with Gasteiger partial charge in [-0.2, -0.15) is 0 Å². The molecule has 1 aromatic rings. The molecule has 1 N–H and O–H groups in total. The van der Waals surface area contributed by atoms with Crippen molar-refractivity contribution in [2.75, 3.05) is 19.6 Å². The second-order valence-electron chi connectivity index (χ2n) is 6.01. The van der Waals surface area contributed by atoms with Crippen molar-refractivity contribution in [3.8, 4) is 0 Å². The van der Waals surface area contributed by atoms with Crippen LogP contribution in [-0.2, 0) is 4.79 Å². The van der Waals surface area contributed by atoms with Crippen molar-refractivity contribution in [3.05, 3.63) is 35.9 Å². The maximum Gasteiger partial charge on any atom is 0.239 e. The Bertz CT molecular complexity index is 432. The van der Waals surface area contributed by atoms with Crippen molar-refractivity contribution in [1.29, 1.82) is 0 Å². The van der Waals surface area contributed by atoms with E-state index in [0.29, 0.717) is 11.8 Å². The summed E-state index contributed by atoms with van der Waals surface area (Å²) in [4.78, 5) is 14.5. The monoisotopic (exact) mass is 272 g/mol. The first-order chi connectivity index (χ1) is 9.84. The number of likely N-dealkylation sites (tertiary alicyclic amines) is 1. The highest BCUT2D eigenvalue weighted by Crippen LogP contribution is 2.28. The van der Waals surface area contributed by atoms with Gasteiger partial charge in [-0.25, -0.2) is 0 Å². The molecule has 0 aromatic heterocycles. The molecule has 1 amide bonds. The first-order valence-electron chi connectivity index (χ1n) is 7.92. The van der Waals surface area contributed by atoms with E-state index in [4.69, 9.17) is 0 Å². The minimum absolute atomic E-state index is 0.0806. The van der Waals surface area contributed by atoms with Crippen molar-refractivity contribution >= 4 is 5.91 Å². The molecule has 2 heterocycles. The third-order valence-corrected chi connectivity index (χ3v) is 4.69. The zero-order valence-corrected chi connectivity index (χ0v) is 12.1. The number of benzene rings is 1. The van der Waals surface area contributed by atoms with Gasteiger partial charge in [0.25, 0.3) is 0 Å². The number of piperidine rings is 2. The number of hydrogen-bond acceptors (Lipinski definition) is 2. The molecule has 0 radical (unpaired) electrons. The second-order valence-corrected chi connectivity index (χ2v) is 6.01. The molecule has 0 bridgehead atoms. The number of nitrogens with zero attached hydrogens (tertiary/aromatic N) is 1. The molecular formula is C17H24N2O. The van der Waals surface area contributed by atoms with E-state index in [-0.39, 0.29) is 6.04 Å². The quantitative estimate of drug-likeness (QED) is 0.897. The first-order valence-corrected chi connectivity index (χ1v) is 7.92. The fourth-order valence-corrected chi connectivity index (χ4v) is 3.44. The normalized spacial score (nSPS) is 24.6. The van der Waals surface area contributed by atoms with Gasteiger partial charge in [-0.05, 0) is 43.7 Å². The molecule has 2 aliphatic heterocycles. The summed E-state index contributed by atoms with van der Waals surface area (Å²) in [5, 5.41) is 3.37. The highest BCUT2D eigenvalue weighted by molar-refractivity contribution is 5.82. The van der Waals surface area contributed by atoms with E-state index in [1.165, 1.54) is 18.4 Å². The Morgan fingerprint density at radius 3 is 2.45 bits per heavy atom. The largest absolute Gasteiger partial charge is 0.341 e. The van der Waals surface area contributed by atoms with Gasteiger partial charge in [0.15, 0.2) is 0 Å². The molecule has 1 atom stereocenters. The van der Waals surface area contributed by atoms with Gasteiger partial charge in [-0.1, -0.05) is 36.8 Å². The Labute approximate surface area is 121 Å². The van der Waals surface area contributed by atoms with Crippen LogP contribution in [0.2, 0.25) is 0 Å². The number of amides is 1. The molecule has 0 spiro atoms. The maximum absolute atomic E-state index is 12.5. The zero-order valence-electron chi connectivity index (χ0n) is 12.1. The van der Waals surface area contributed by atoms with Crippen molar-refractivity contribution in [1.82, 2.24) is 10.2 Å². The molecule has 3 heteroatoms. The summed E-state index contributed by atoms with van der Waals surface area (Å²) in [7, 11) is 0. The van der Waals surface area contributed by atoms with Crippen LogP contribution in [0.3, 0.4) is 0 Å². The van der Waals surface area contributed by atoms with Gasteiger partial charge in [-0.3, -0.25) is 4.79 Å². The molecule has 20 heavy (non-hydrogen) atoms. The third-order valence-electron chi connectivity index (χ3n) is 4.69. The predicted molar refractivity (Wildman–Crippen MR) is 80.6 cm³/mol. The van der Waals surface area contributed by atoms with E-state index >= 15 is 0 Å². The predicted octanol–water partition coefficient (Wildman–Crippen LogP) is 2.53. The number of rotatable bonds is 2. The lowest BCUT2D eigenvalue weighted by Crippen LogP contribution is -2.50. The number of hydrogen-bond donors (Lipinski definition) is 1. The second kappa shape index (κ2) is 6.40. The lowest BCUT2D eigenvalue weighted by atomic mass is 9.89. The average Bonchev–Trinajstić information content (AvgIpc) is 2.56. The molecule has 108 valence electrons. The van der Waals surface area contributed by atoms with Crippen LogP contribution in [0.1, 0.15) is 43.6 Å². The summed E-state index contributed by atoms with van der Waals surface area (Å²) in [6, 6.07) is 10.8. The van der Waals surface area contributed by atoms with E-state index in [0.717, 1.165) is 38.9 Å². The number of carbonyl (C=O) groups is 1.